The maximum Gasteiger partial charge on any atom is 0.416 e. The Bertz CT molecular complexity index is 829. The molecule has 0 aliphatic carbocycles. The van der Waals surface area contributed by atoms with Crippen LogP contribution in [0, 0.1) is 0 Å². The van der Waals surface area contributed by atoms with Gasteiger partial charge < -0.3 is 9.47 Å². The summed E-state index contributed by atoms with van der Waals surface area (Å²) in [5.74, 6) is -0.602. The normalized spacial score (nSPS) is 12.2. The number of halogens is 3. The Morgan fingerprint density at radius 1 is 1.15 bits per heavy atom. The van der Waals surface area contributed by atoms with Crippen molar-refractivity contribution in [2.75, 3.05) is 0 Å². The minimum Gasteiger partial charge on any atom is -0.491 e. The van der Waals surface area contributed by atoms with Gasteiger partial charge in [0.15, 0.2) is 0 Å². The van der Waals surface area contributed by atoms with E-state index >= 15 is 0 Å². The number of carbonyl (C=O) groups is 1. The maximum absolute atomic E-state index is 13.1. The van der Waals surface area contributed by atoms with Crippen LogP contribution in [0.25, 0.3) is 17.6 Å². The Hall–Kier alpha value is -2.91. The number of nitrogens with zero attached hydrogens (tertiary/aromatic N) is 4. The lowest BCUT2D eigenvalue weighted by atomic mass is 10.1. The van der Waals surface area contributed by atoms with E-state index in [4.69, 9.17) is 9.47 Å². The molecule has 146 valence electrons. The summed E-state index contributed by atoms with van der Waals surface area (Å²) in [6, 6.07) is 3.22. The van der Waals surface area contributed by atoms with E-state index in [9.17, 15) is 18.0 Å². The van der Waals surface area contributed by atoms with Crippen molar-refractivity contribution in [2.24, 2.45) is 0 Å². The molecular formula is C17H19F3N4O3. The molecule has 0 fully saturated rings. The minimum atomic E-state index is -4.55. The van der Waals surface area contributed by atoms with Gasteiger partial charge in [-0.3, -0.25) is 0 Å². The first-order valence-electron chi connectivity index (χ1n) is 8.12. The van der Waals surface area contributed by atoms with Crippen LogP contribution in [0.2, 0.25) is 0 Å². The number of aromatic nitrogens is 4. The summed E-state index contributed by atoms with van der Waals surface area (Å²) in [5.41, 5.74) is -0.798. The monoisotopic (exact) mass is 384 g/mol. The Morgan fingerprint density at radius 3 is 2.44 bits per heavy atom. The molecule has 2 aromatic rings. The molecule has 0 saturated heterocycles. The molecule has 0 saturated carbocycles. The summed E-state index contributed by atoms with van der Waals surface area (Å²) in [4.78, 5) is 12.4. The molecule has 0 spiro atoms. The van der Waals surface area contributed by atoms with Gasteiger partial charge in [0.1, 0.15) is 5.75 Å². The number of esters is 1. The van der Waals surface area contributed by atoms with Gasteiger partial charge in [-0.2, -0.15) is 13.2 Å². The van der Waals surface area contributed by atoms with Gasteiger partial charge in [0.05, 0.1) is 24.0 Å². The number of tetrazole rings is 1. The van der Waals surface area contributed by atoms with E-state index < -0.39 is 17.7 Å². The van der Waals surface area contributed by atoms with Crippen LogP contribution in [0.4, 0.5) is 13.2 Å². The van der Waals surface area contributed by atoms with Crippen molar-refractivity contribution in [2.45, 2.75) is 46.1 Å². The Labute approximate surface area is 153 Å². The van der Waals surface area contributed by atoms with E-state index in [1.54, 1.807) is 27.7 Å². The van der Waals surface area contributed by atoms with Crippen molar-refractivity contribution < 1.29 is 27.4 Å². The second kappa shape index (κ2) is 8.19. The molecular weight excluding hydrogens is 365 g/mol. The first-order valence-corrected chi connectivity index (χ1v) is 8.12. The maximum atomic E-state index is 13.1. The highest BCUT2D eigenvalue weighted by molar-refractivity contribution is 5.84. The largest absolute Gasteiger partial charge is 0.491 e. The number of benzene rings is 1. The third-order valence-corrected chi connectivity index (χ3v) is 2.99. The molecule has 10 heteroatoms. The third-order valence-electron chi connectivity index (χ3n) is 2.99. The van der Waals surface area contributed by atoms with Crippen molar-refractivity contribution >= 4 is 12.2 Å². The average molecular weight is 384 g/mol. The van der Waals surface area contributed by atoms with E-state index in [1.807, 2.05) is 0 Å². The summed E-state index contributed by atoms with van der Waals surface area (Å²) in [5, 5.41) is 11.4. The highest BCUT2D eigenvalue weighted by Gasteiger charge is 2.32. The second-order valence-corrected chi connectivity index (χ2v) is 6.15. The topological polar surface area (TPSA) is 79.1 Å². The molecule has 7 nitrogen and oxygen atoms in total. The zero-order valence-electron chi connectivity index (χ0n) is 15.2. The smallest absolute Gasteiger partial charge is 0.416 e. The molecule has 0 atom stereocenters. The molecule has 1 aromatic carbocycles. The molecule has 0 aliphatic heterocycles. The highest BCUT2D eigenvalue weighted by Crippen LogP contribution is 2.35. The fourth-order valence-corrected chi connectivity index (χ4v) is 2.03. The summed E-state index contributed by atoms with van der Waals surface area (Å²) >= 11 is 0. The van der Waals surface area contributed by atoms with Crippen LogP contribution in [-0.4, -0.2) is 38.4 Å². The van der Waals surface area contributed by atoms with Crippen molar-refractivity contribution in [1.29, 1.82) is 0 Å². The van der Waals surface area contributed by atoms with Crippen molar-refractivity contribution in [3.63, 3.8) is 0 Å². The van der Waals surface area contributed by atoms with E-state index in [1.165, 1.54) is 12.3 Å². The van der Waals surface area contributed by atoms with E-state index in [0.29, 0.717) is 0 Å². The molecule has 1 aromatic heterocycles. The molecule has 2 rings (SSSR count). The van der Waals surface area contributed by atoms with Gasteiger partial charge in [0, 0.05) is 11.6 Å². The summed E-state index contributed by atoms with van der Waals surface area (Å²) in [6.07, 6.45) is -2.86. The van der Waals surface area contributed by atoms with Crippen LogP contribution < -0.4 is 4.74 Å². The predicted molar refractivity (Wildman–Crippen MR) is 90.6 cm³/mol. The number of rotatable bonds is 6. The van der Waals surface area contributed by atoms with Crippen LogP contribution in [0.15, 0.2) is 24.3 Å². The van der Waals surface area contributed by atoms with Gasteiger partial charge >= 0.3 is 12.1 Å². The molecule has 0 unspecified atom stereocenters. The van der Waals surface area contributed by atoms with Gasteiger partial charge in [-0.1, -0.05) is 0 Å². The number of ether oxygens (including phenoxy) is 2. The zero-order valence-corrected chi connectivity index (χ0v) is 15.2. The molecule has 0 bridgehead atoms. The lowest BCUT2D eigenvalue weighted by molar-refractivity contribution is -0.141. The van der Waals surface area contributed by atoms with Gasteiger partial charge in [-0.05, 0) is 51.1 Å². The van der Waals surface area contributed by atoms with E-state index in [0.717, 1.165) is 23.0 Å². The molecule has 1 heterocycles. The standard InChI is InChI=1S/C17H19F3N4O3/c1-10(2)26-14-8-12(7-13(9-14)17(18,19)20)16-21-23-24(22-16)6-5-15(25)27-11(3)4/h5-11H,1-4H3. The summed E-state index contributed by atoms with van der Waals surface area (Å²) < 4.78 is 49.7. The van der Waals surface area contributed by atoms with Crippen LogP contribution in [0.3, 0.4) is 0 Å². The van der Waals surface area contributed by atoms with Gasteiger partial charge in [-0.15, -0.1) is 15.0 Å². The average Bonchev–Trinajstić information content (AvgIpc) is 2.99. The minimum absolute atomic E-state index is 0.0437. The van der Waals surface area contributed by atoms with Crippen LogP contribution in [-0.2, 0) is 15.7 Å². The highest BCUT2D eigenvalue weighted by atomic mass is 19.4. The van der Waals surface area contributed by atoms with Crippen molar-refractivity contribution in [3.8, 4) is 17.1 Å². The number of hydrogen-bond acceptors (Lipinski definition) is 6. The number of hydrogen-bond donors (Lipinski definition) is 0. The number of carbonyl (C=O) groups excluding carboxylic acids is 1. The number of alkyl halides is 3. The zero-order chi connectivity index (χ0) is 20.2. The Kier molecular flexibility index (Phi) is 6.19. The second-order valence-electron chi connectivity index (χ2n) is 6.15. The van der Waals surface area contributed by atoms with Crippen molar-refractivity contribution in [1.82, 2.24) is 20.2 Å². The fraction of sp³-hybridized carbons (Fsp3) is 0.412. The molecule has 27 heavy (non-hydrogen) atoms. The van der Waals surface area contributed by atoms with Crippen molar-refractivity contribution in [3.05, 3.63) is 29.8 Å². The first kappa shape index (κ1) is 20.4. The van der Waals surface area contributed by atoms with Gasteiger partial charge in [0.2, 0.25) is 5.82 Å². The summed E-state index contributed by atoms with van der Waals surface area (Å²) in [6.45, 7) is 6.80. The molecule has 0 amide bonds. The lowest BCUT2D eigenvalue weighted by Crippen LogP contribution is -2.09. The lowest BCUT2D eigenvalue weighted by Gasteiger charge is -2.14. The first-order chi connectivity index (χ1) is 12.5. The van der Waals surface area contributed by atoms with Gasteiger partial charge in [0.25, 0.3) is 0 Å². The van der Waals surface area contributed by atoms with Crippen LogP contribution in [0.1, 0.15) is 33.3 Å². The predicted octanol–water partition coefficient (Wildman–Crippen LogP) is 3.57. The molecule has 0 radical (unpaired) electrons. The van der Waals surface area contributed by atoms with E-state index in [-0.39, 0.29) is 29.3 Å². The Balaban J connectivity index is 2.31. The molecule has 0 aliphatic rings. The molecule has 0 N–H and O–H groups in total. The van der Waals surface area contributed by atoms with Crippen LogP contribution >= 0.6 is 0 Å². The van der Waals surface area contributed by atoms with E-state index in [2.05, 4.69) is 15.4 Å². The van der Waals surface area contributed by atoms with Gasteiger partial charge in [-0.25, -0.2) is 4.79 Å². The quantitative estimate of drug-likeness (QED) is 0.560. The Morgan fingerprint density at radius 2 is 1.85 bits per heavy atom. The van der Waals surface area contributed by atoms with Crippen LogP contribution in [0.5, 0.6) is 5.75 Å². The summed E-state index contributed by atoms with van der Waals surface area (Å²) in [7, 11) is 0. The third kappa shape index (κ3) is 6.08. The SMILES string of the molecule is CC(C)OC(=O)C=Cn1nnc(-c2cc(OC(C)C)cc(C(F)(F)F)c2)n1. The fourth-order valence-electron chi connectivity index (χ4n) is 2.03.